The van der Waals surface area contributed by atoms with Crippen LogP contribution in [0.5, 0.6) is 0 Å². The van der Waals surface area contributed by atoms with Gasteiger partial charge in [-0.2, -0.15) is 0 Å². The van der Waals surface area contributed by atoms with Crippen LogP contribution in [0, 0.1) is 5.82 Å². The average molecular weight is 296 g/mol. The fraction of sp³-hybridized carbons (Fsp3) is 0.533. The van der Waals surface area contributed by atoms with Gasteiger partial charge in [-0.05, 0) is 37.7 Å². The monoisotopic (exact) mass is 296 g/mol. The van der Waals surface area contributed by atoms with Crippen LogP contribution in [0.2, 0.25) is 0 Å². The quantitative estimate of drug-likeness (QED) is 0.927. The van der Waals surface area contributed by atoms with Crippen LogP contribution >= 0.6 is 11.8 Å². The van der Waals surface area contributed by atoms with Gasteiger partial charge in [0.25, 0.3) is 0 Å². The van der Waals surface area contributed by atoms with E-state index in [9.17, 15) is 9.18 Å². The number of amides is 1. The van der Waals surface area contributed by atoms with E-state index in [1.807, 2.05) is 19.9 Å². The normalized spacial score (nSPS) is 19.3. The molecule has 0 spiro atoms. The lowest BCUT2D eigenvalue weighted by Crippen LogP contribution is -2.45. The number of hydrogen-bond acceptors (Lipinski definition) is 3. The smallest absolute Gasteiger partial charge is 0.239 e. The third kappa shape index (κ3) is 3.15. The summed E-state index contributed by atoms with van der Waals surface area (Å²) in [6.45, 7) is 4.51. The summed E-state index contributed by atoms with van der Waals surface area (Å²) in [7, 11) is 1.80. The van der Waals surface area contributed by atoms with Gasteiger partial charge in [-0.25, -0.2) is 4.39 Å². The molecule has 0 bridgehead atoms. The van der Waals surface area contributed by atoms with E-state index in [2.05, 4.69) is 5.32 Å². The van der Waals surface area contributed by atoms with E-state index >= 15 is 0 Å². The topological polar surface area (TPSA) is 32.3 Å². The predicted molar refractivity (Wildman–Crippen MR) is 80.4 cm³/mol. The molecule has 3 nitrogen and oxygen atoms in total. The van der Waals surface area contributed by atoms with E-state index in [4.69, 9.17) is 0 Å². The van der Waals surface area contributed by atoms with Crippen LogP contribution in [0.3, 0.4) is 0 Å². The molecule has 20 heavy (non-hydrogen) atoms. The minimum absolute atomic E-state index is 0.0474. The van der Waals surface area contributed by atoms with E-state index in [-0.39, 0.29) is 23.8 Å². The molecule has 1 aliphatic heterocycles. The van der Waals surface area contributed by atoms with E-state index in [1.54, 1.807) is 29.8 Å². The third-order valence-corrected chi connectivity index (χ3v) is 4.86. The second kappa shape index (κ2) is 6.59. The number of fused-ring (bicyclic) bond motifs is 1. The maximum absolute atomic E-state index is 13.8. The summed E-state index contributed by atoms with van der Waals surface area (Å²) >= 11 is 1.56. The zero-order valence-corrected chi connectivity index (χ0v) is 13.0. The van der Waals surface area contributed by atoms with Crippen LogP contribution in [0.25, 0.3) is 0 Å². The van der Waals surface area contributed by atoms with Gasteiger partial charge in [-0.15, -0.1) is 11.8 Å². The molecular formula is C15H21FN2OS. The highest BCUT2D eigenvalue weighted by Gasteiger charge is 2.26. The van der Waals surface area contributed by atoms with Crippen molar-refractivity contribution in [3.63, 3.8) is 0 Å². The van der Waals surface area contributed by atoms with Crippen molar-refractivity contribution in [3.05, 3.63) is 29.6 Å². The van der Waals surface area contributed by atoms with Gasteiger partial charge < -0.3 is 4.90 Å². The van der Waals surface area contributed by atoms with Gasteiger partial charge >= 0.3 is 0 Å². The highest BCUT2D eigenvalue weighted by Crippen LogP contribution is 2.37. The molecule has 0 saturated heterocycles. The number of halogens is 1. The van der Waals surface area contributed by atoms with E-state index in [0.717, 1.165) is 22.6 Å². The van der Waals surface area contributed by atoms with Crippen molar-refractivity contribution in [2.75, 3.05) is 19.3 Å². The molecule has 0 aromatic heterocycles. The van der Waals surface area contributed by atoms with Crippen LogP contribution in [-0.2, 0) is 4.79 Å². The number of hydrogen-bond donors (Lipinski definition) is 1. The van der Waals surface area contributed by atoms with Crippen LogP contribution in [0.1, 0.15) is 31.9 Å². The van der Waals surface area contributed by atoms with Gasteiger partial charge in [-0.3, -0.25) is 10.1 Å². The second-order valence-electron chi connectivity index (χ2n) is 5.09. The number of nitrogens with one attached hydrogen (secondary N) is 1. The van der Waals surface area contributed by atoms with Crippen molar-refractivity contribution in [1.29, 1.82) is 0 Å². The Bertz CT molecular complexity index is 495. The number of carbonyl (C=O) groups is 1. The average Bonchev–Trinajstić information content (AvgIpc) is 2.46. The molecule has 5 heteroatoms. The molecular weight excluding hydrogens is 275 g/mol. The molecule has 110 valence electrons. The summed E-state index contributed by atoms with van der Waals surface area (Å²) in [5.41, 5.74) is 0.972. The highest BCUT2D eigenvalue weighted by molar-refractivity contribution is 7.99. The lowest BCUT2D eigenvalue weighted by molar-refractivity contribution is -0.131. The van der Waals surface area contributed by atoms with E-state index in [1.165, 1.54) is 6.07 Å². The molecule has 1 heterocycles. The predicted octanol–water partition coefficient (Wildman–Crippen LogP) is 2.82. The SMILES string of the molecule is CCN(C)C(=O)C(C)NC1CCSc2c(F)cccc21. The first kappa shape index (κ1) is 15.3. The molecule has 1 aromatic carbocycles. The first-order chi connectivity index (χ1) is 9.54. The first-order valence-corrected chi connectivity index (χ1v) is 7.95. The van der Waals surface area contributed by atoms with E-state index in [0.29, 0.717) is 6.54 Å². The number of nitrogens with zero attached hydrogens (tertiary/aromatic N) is 1. The molecule has 0 fully saturated rings. The molecule has 1 aliphatic rings. The van der Waals surface area contributed by atoms with Gasteiger partial charge in [0.1, 0.15) is 5.82 Å². The van der Waals surface area contributed by atoms with Crippen molar-refractivity contribution < 1.29 is 9.18 Å². The molecule has 1 N–H and O–H groups in total. The molecule has 0 saturated carbocycles. The zero-order chi connectivity index (χ0) is 14.7. The van der Waals surface area contributed by atoms with Crippen molar-refractivity contribution >= 4 is 17.7 Å². The van der Waals surface area contributed by atoms with E-state index < -0.39 is 0 Å². The Morgan fingerprint density at radius 2 is 2.35 bits per heavy atom. The lowest BCUT2D eigenvalue weighted by Gasteiger charge is -2.30. The molecule has 2 rings (SSSR count). The summed E-state index contributed by atoms with van der Waals surface area (Å²) in [6.07, 6.45) is 0.911. The summed E-state index contributed by atoms with van der Waals surface area (Å²) in [4.78, 5) is 14.5. The van der Waals surface area contributed by atoms with Crippen LogP contribution < -0.4 is 5.32 Å². The molecule has 1 amide bonds. The number of rotatable bonds is 4. The number of likely N-dealkylation sites (N-methyl/N-ethyl adjacent to an activating group) is 1. The summed E-state index contributed by atoms with van der Waals surface area (Å²) < 4.78 is 13.8. The van der Waals surface area contributed by atoms with Crippen LogP contribution in [-0.4, -0.2) is 36.2 Å². The molecule has 2 unspecified atom stereocenters. The molecule has 0 aliphatic carbocycles. The molecule has 1 aromatic rings. The molecule has 2 atom stereocenters. The maximum atomic E-state index is 13.8. The second-order valence-corrected chi connectivity index (χ2v) is 6.19. The first-order valence-electron chi connectivity index (χ1n) is 6.96. The van der Waals surface area contributed by atoms with Gasteiger partial charge in [0, 0.05) is 24.5 Å². The fourth-order valence-electron chi connectivity index (χ4n) is 2.42. The Labute approximate surface area is 123 Å². The Hall–Kier alpha value is -1.07. The Morgan fingerprint density at radius 3 is 3.05 bits per heavy atom. The van der Waals surface area contributed by atoms with Crippen molar-refractivity contribution in [2.45, 2.75) is 37.2 Å². The number of thioether (sulfide) groups is 1. The summed E-state index contributed by atoms with van der Waals surface area (Å²) in [5.74, 6) is 0.781. The van der Waals surface area contributed by atoms with Gasteiger partial charge in [0.2, 0.25) is 5.91 Å². The van der Waals surface area contributed by atoms with Crippen molar-refractivity contribution in [3.8, 4) is 0 Å². The summed E-state index contributed by atoms with van der Waals surface area (Å²) in [5, 5.41) is 3.35. The van der Waals surface area contributed by atoms with Crippen molar-refractivity contribution in [1.82, 2.24) is 10.2 Å². The fourth-order valence-corrected chi connectivity index (χ4v) is 3.56. The largest absolute Gasteiger partial charge is 0.345 e. The standard InChI is InChI=1S/C15H21FN2OS/c1-4-18(3)15(19)10(2)17-13-8-9-20-14-11(13)6-5-7-12(14)16/h5-7,10,13,17H,4,8-9H2,1-3H3. The number of benzene rings is 1. The summed E-state index contributed by atoms with van der Waals surface area (Å²) in [6, 6.07) is 4.96. The Balaban J connectivity index is 2.12. The minimum Gasteiger partial charge on any atom is -0.345 e. The minimum atomic E-state index is -0.260. The van der Waals surface area contributed by atoms with Crippen LogP contribution in [0.4, 0.5) is 4.39 Å². The Kier molecular flexibility index (Phi) is 5.05. The lowest BCUT2D eigenvalue weighted by atomic mass is 10.0. The zero-order valence-electron chi connectivity index (χ0n) is 12.1. The van der Waals surface area contributed by atoms with Gasteiger partial charge in [0.15, 0.2) is 0 Å². The highest BCUT2D eigenvalue weighted by atomic mass is 32.2. The maximum Gasteiger partial charge on any atom is 0.239 e. The third-order valence-electron chi connectivity index (χ3n) is 3.70. The van der Waals surface area contributed by atoms with Gasteiger partial charge in [-0.1, -0.05) is 12.1 Å². The van der Waals surface area contributed by atoms with Gasteiger partial charge in [0.05, 0.1) is 6.04 Å². The van der Waals surface area contributed by atoms with Crippen LogP contribution in [0.15, 0.2) is 23.1 Å². The Morgan fingerprint density at radius 1 is 1.60 bits per heavy atom. The molecule has 0 radical (unpaired) electrons. The number of carbonyl (C=O) groups excluding carboxylic acids is 1. The van der Waals surface area contributed by atoms with Crippen molar-refractivity contribution in [2.24, 2.45) is 0 Å².